The van der Waals surface area contributed by atoms with Crippen molar-refractivity contribution in [1.29, 1.82) is 0 Å². The highest BCUT2D eigenvalue weighted by atomic mass is 32.2. The smallest absolute Gasteiger partial charge is 0.228 e. The van der Waals surface area contributed by atoms with Crippen LogP contribution >= 0.6 is 0 Å². The van der Waals surface area contributed by atoms with E-state index < -0.39 is 21.6 Å². The Morgan fingerprint density at radius 3 is 1.93 bits per heavy atom. The second-order valence-electron chi connectivity index (χ2n) is 3.07. The van der Waals surface area contributed by atoms with E-state index in [0.717, 1.165) is 36.3 Å². The van der Waals surface area contributed by atoms with Crippen LogP contribution in [0.3, 0.4) is 0 Å². The minimum atomic E-state index is -4.40. The first-order valence-corrected chi connectivity index (χ1v) is 5.86. The van der Waals surface area contributed by atoms with Crippen LogP contribution in [0.25, 0.3) is 0 Å². The fraction of sp³-hybridized carbons (Fsp3) is 0.222. The van der Waals surface area contributed by atoms with Crippen molar-refractivity contribution in [3.63, 3.8) is 0 Å². The van der Waals surface area contributed by atoms with E-state index in [2.05, 4.69) is 0 Å². The second-order valence-corrected chi connectivity index (χ2v) is 4.96. The van der Waals surface area contributed by atoms with Gasteiger partial charge in [0, 0.05) is 6.26 Å². The van der Waals surface area contributed by atoms with E-state index >= 15 is 0 Å². The standard InChI is InChI=1S/C9H8F3O2S/c1-15(13,14)6-7-2-4-8(5-3-7)9(10,11)12/h2-6H,1H3. The normalized spacial score (nSPS) is 12.8. The maximum Gasteiger partial charge on any atom is 0.416 e. The summed E-state index contributed by atoms with van der Waals surface area (Å²) in [6.45, 7) is 0. The van der Waals surface area contributed by atoms with Gasteiger partial charge in [-0.15, -0.1) is 0 Å². The van der Waals surface area contributed by atoms with Crippen LogP contribution in [0.15, 0.2) is 24.3 Å². The Hall–Kier alpha value is -1.04. The van der Waals surface area contributed by atoms with E-state index in [1.54, 1.807) is 0 Å². The zero-order valence-electron chi connectivity index (χ0n) is 7.75. The molecule has 0 unspecified atom stereocenters. The third-order valence-corrected chi connectivity index (χ3v) is 2.29. The lowest BCUT2D eigenvalue weighted by atomic mass is 10.1. The Labute approximate surface area is 85.6 Å². The third-order valence-electron chi connectivity index (χ3n) is 1.59. The number of benzene rings is 1. The van der Waals surface area contributed by atoms with E-state index in [0.29, 0.717) is 0 Å². The zero-order valence-corrected chi connectivity index (χ0v) is 8.56. The SMILES string of the molecule is CS(=O)(=O)[CH]c1ccc(C(F)(F)F)cc1. The van der Waals surface area contributed by atoms with Gasteiger partial charge in [-0.2, -0.15) is 13.2 Å². The highest BCUT2D eigenvalue weighted by molar-refractivity contribution is 7.92. The Morgan fingerprint density at radius 1 is 1.13 bits per heavy atom. The van der Waals surface area contributed by atoms with Gasteiger partial charge in [-0.3, -0.25) is 0 Å². The molecule has 2 nitrogen and oxygen atoms in total. The molecule has 1 aromatic rings. The van der Waals surface area contributed by atoms with E-state index in [1.165, 1.54) is 0 Å². The average Bonchev–Trinajstić information content (AvgIpc) is 2.00. The molecule has 0 atom stereocenters. The number of hydrogen-bond acceptors (Lipinski definition) is 2. The fourth-order valence-electron chi connectivity index (χ4n) is 0.998. The molecule has 0 aliphatic rings. The summed E-state index contributed by atoms with van der Waals surface area (Å²) in [6, 6.07) is 3.92. The molecule has 0 heterocycles. The predicted octanol–water partition coefficient (Wildman–Crippen LogP) is 2.26. The molecule has 0 N–H and O–H groups in total. The molecule has 1 rings (SSSR count). The minimum absolute atomic E-state index is 0.227. The number of alkyl halides is 3. The van der Waals surface area contributed by atoms with Crippen LogP contribution in [0.4, 0.5) is 13.2 Å². The van der Waals surface area contributed by atoms with Crippen LogP contribution in [-0.4, -0.2) is 14.7 Å². The lowest BCUT2D eigenvalue weighted by Gasteiger charge is -2.06. The second kappa shape index (κ2) is 3.84. The van der Waals surface area contributed by atoms with Crippen molar-refractivity contribution in [3.05, 3.63) is 41.1 Å². The van der Waals surface area contributed by atoms with E-state index in [-0.39, 0.29) is 5.56 Å². The van der Waals surface area contributed by atoms with Crippen molar-refractivity contribution >= 4 is 9.84 Å². The Bertz CT molecular complexity index is 431. The number of rotatable bonds is 2. The van der Waals surface area contributed by atoms with Crippen molar-refractivity contribution < 1.29 is 21.6 Å². The third kappa shape index (κ3) is 3.91. The maximum absolute atomic E-state index is 12.1. The van der Waals surface area contributed by atoms with Crippen molar-refractivity contribution in [2.24, 2.45) is 0 Å². The van der Waals surface area contributed by atoms with Gasteiger partial charge < -0.3 is 0 Å². The van der Waals surface area contributed by atoms with Gasteiger partial charge in [-0.05, 0) is 17.7 Å². The minimum Gasteiger partial charge on any atom is -0.228 e. The lowest BCUT2D eigenvalue weighted by molar-refractivity contribution is -0.137. The molecule has 0 bridgehead atoms. The Morgan fingerprint density at radius 2 is 1.60 bits per heavy atom. The molecule has 6 heteroatoms. The monoisotopic (exact) mass is 237 g/mol. The van der Waals surface area contributed by atoms with Crippen LogP contribution in [0.2, 0.25) is 0 Å². The zero-order chi connectivity index (χ0) is 11.7. The van der Waals surface area contributed by atoms with E-state index in [4.69, 9.17) is 0 Å². The summed E-state index contributed by atoms with van der Waals surface area (Å²) >= 11 is 0. The molecule has 0 saturated carbocycles. The van der Waals surface area contributed by atoms with Gasteiger partial charge in [-0.1, -0.05) is 12.1 Å². The van der Waals surface area contributed by atoms with Gasteiger partial charge in [0.1, 0.15) is 5.75 Å². The maximum atomic E-state index is 12.1. The summed E-state index contributed by atoms with van der Waals surface area (Å²) in [7, 11) is -3.33. The molecule has 0 amide bonds. The molecular weight excluding hydrogens is 229 g/mol. The van der Waals surface area contributed by atoms with E-state index in [9.17, 15) is 21.6 Å². The summed E-state index contributed by atoms with van der Waals surface area (Å²) < 4.78 is 58.0. The average molecular weight is 237 g/mol. The van der Waals surface area contributed by atoms with Gasteiger partial charge in [0.05, 0.1) is 5.56 Å². The highest BCUT2D eigenvalue weighted by Gasteiger charge is 2.29. The molecule has 83 valence electrons. The summed E-state index contributed by atoms with van der Waals surface area (Å²) in [5.74, 6) is 0.910. The summed E-state index contributed by atoms with van der Waals surface area (Å²) in [4.78, 5) is 0. The lowest BCUT2D eigenvalue weighted by Crippen LogP contribution is -2.05. The summed E-state index contributed by atoms with van der Waals surface area (Å²) in [5.41, 5.74) is -0.571. The first-order valence-electron chi connectivity index (χ1n) is 3.90. The molecule has 0 aromatic heterocycles. The van der Waals surface area contributed by atoms with Crippen LogP contribution in [-0.2, 0) is 16.0 Å². The van der Waals surface area contributed by atoms with E-state index in [1.807, 2.05) is 0 Å². The molecule has 0 aliphatic carbocycles. The molecule has 0 fully saturated rings. The molecule has 0 saturated heterocycles. The fourth-order valence-corrected chi connectivity index (χ4v) is 1.65. The van der Waals surface area contributed by atoms with Crippen molar-refractivity contribution in [3.8, 4) is 0 Å². The Kier molecular flexibility index (Phi) is 3.08. The van der Waals surface area contributed by atoms with Crippen LogP contribution < -0.4 is 0 Å². The quantitative estimate of drug-likeness (QED) is 0.790. The van der Waals surface area contributed by atoms with Crippen LogP contribution in [0.5, 0.6) is 0 Å². The molecular formula is C9H8F3O2S. The van der Waals surface area contributed by atoms with Crippen LogP contribution in [0, 0.1) is 5.75 Å². The molecule has 0 aliphatic heterocycles. The summed E-state index contributed by atoms with van der Waals surface area (Å²) in [5, 5.41) is 0. The molecule has 1 aromatic carbocycles. The predicted molar refractivity (Wildman–Crippen MR) is 49.7 cm³/mol. The number of halogens is 3. The Balaban J connectivity index is 2.91. The van der Waals surface area contributed by atoms with Gasteiger partial charge >= 0.3 is 6.18 Å². The van der Waals surface area contributed by atoms with Crippen molar-refractivity contribution in [2.45, 2.75) is 6.18 Å². The topological polar surface area (TPSA) is 34.1 Å². The first-order chi connectivity index (χ1) is 6.68. The number of hydrogen-bond donors (Lipinski definition) is 0. The van der Waals surface area contributed by atoms with Gasteiger partial charge in [0.25, 0.3) is 0 Å². The van der Waals surface area contributed by atoms with Gasteiger partial charge in [-0.25, -0.2) is 8.42 Å². The first kappa shape index (κ1) is 12.0. The molecule has 15 heavy (non-hydrogen) atoms. The van der Waals surface area contributed by atoms with Crippen molar-refractivity contribution in [1.82, 2.24) is 0 Å². The highest BCUT2D eigenvalue weighted by Crippen LogP contribution is 2.29. The van der Waals surface area contributed by atoms with Gasteiger partial charge in [0.2, 0.25) is 0 Å². The van der Waals surface area contributed by atoms with Gasteiger partial charge in [0.15, 0.2) is 9.84 Å². The number of sulfone groups is 1. The van der Waals surface area contributed by atoms with Crippen LogP contribution in [0.1, 0.15) is 11.1 Å². The van der Waals surface area contributed by atoms with Crippen molar-refractivity contribution in [2.75, 3.05) is 6.26 Å². The summed E-state index contributed by atoms with van der Waals surface area (Å²) in [6.07, 6.45) is -3.42. The largest absolute Gasteiger partial charge is 0.416 e. The molecule has 1 radical (unpaired) electrons. The molecule has 0 spiro atoms.